The first-order valence-corrected chi connectivity index (χ1v) is 6.47. The molecule has 2 aromatic carbocycles. The van der Waals surface area contributed by atoms with Crippen LogP contribution in [0.25, 0.3) is 22.0 Å². The molecule has 1 heterocycles. The van der Waals surface area contributed by atoms with Gasteiger partial charge in [-0.15, -0.1) is 10.2 Å². The third-order valence-corrected chi connectivity index (χ3v) is 3.41. The van der Waals surface area contributed by atoms with Crippen LogP contribution < -0.4 is 5.32 Å². The highest BCUT2D eigenvalue weighted by molar-refractivity contribution is 6.31. The van der Waals surface area contributed by atoms with E-state index in [2.05, 4.69) is 15.5 Å². The van der Waals surface area contributed by atoms with Gasteiger partial charge in [-0.05, 0) is 18.2 Å². The molecule has 1 N–H and O–H groups in total. The van der Waals surface area contributed by atoms with Gasteiger partial charge in [0.2, 0.25) is 0 Å². The minimum Gasteiger partial charge on any atom is -0.371 e. The lowest BCUT2D eigenvalue weighted by molar-refractivity contribution is 0.628. The van der Waals surface area contributed by atoms with Gasteiger partial charge in [0.15, 0.2) is 5.82 Å². The Balaban J connectivity index is 2.29. The van der Waals surface area contributed by atoms with Gasteiger partial charge >= 0.3 is 0 Å². The van der Waals surface area contributed by atoms with Crippen LogP contribution in [0.15, 0.2) is 42.5 Å². The fourth-order valence-electron chi connectivity index (χ4n) is 2.15. The molecule has 0 aliphatic carbocycles. The Kier molecular flexibility index (Phi) is 3.24. The van der Waals surface area contributed by atoms with Crippen LogP contribution in [0.5, 0.6) is 0 Å². The van der Waals surface area contributed by atoms with Crippen molar-refractivity contribution >= 4 is 28.2 Å². The molecule has 0 fully saturated rings. The van der Waals surface area contributed by atoms with Gasteiger partial charge in [-0.2, -0.15) is 0 Å². The maximum atomic E-state index is 13.3. The molecule has 0 saturated carbocycles. The molecule has 0 amide bonds. The minimum atomic E-state index is -0.445. The molecule has 20 heavy (non-hydrogen) atoms. The van der Waals surface area contributed by atoms with Gasteiger partial charge in [0, 0.05) is 23.4 Å². The van der Waals surface area contributed by atoms with Crippen molar-refractivity contribution in [3.8, 4) is 11.3 Å². The van der Waals surface area contributed by atoms with Crippen molar-refractivity contribution in [3.63, 3.8) is 0 Å². The molecule has 0 saturated heterocycles. The summed E-state index contributed by atoms with van der Waals surface area (Å²) in [5.41, 5.74) is 1.42. The summed E-state index contributed by atoms with van der Waals surface area (Å²) in [6, 6.07) is 12.3. The van der Waals surface area contributed by atoms with Gasteiger partial charge in [0.25, 0.3) is 0 Å². The molecule has 1 aromatic heterocycles. The molecule has 3 aromatic rings. The summed E-state index contributed by atoms with van der Waals surface area (Å²) in [5, 5.41) is 13.4. The third kappa shape index (κ3) is 2.08. The lowest BCUT2D eigenvalue weighted by atomic mass is 10.0. The third-order valence-electron chi connectivity index (χ3n) is 3.12. The van der Waals surface area contributed by atoms with Crippen molar-refractivity contribution in [2.45, 2.75) is 0 Å². The van der Waals surface area contributed by atoms with Crippen LogP contribution in [0, 0.1) is 5.82 Å². The van der Waals surface area contributed by atoms with E-state index in [1.165, 1.54) is 6.07 Å². The number of nitrogens with one attached hydrogen (secondary N) is 1. The zero-order valence-corrected chi connectivity index (χ0v) is 11.4. The normalized spacial score (nSPS) is 10.8. The first kappa shape index (κ1) is 12.8. The molecular formula is C15H11ClFN3. The number of rotatable bonds is 2. The number of hydrogen-bond donors (Lipinski definition) is 1. The summed E-state index contributed by atoms with van der Waals surface area (Å²) in [6.07, 6.45) is 0. The van der Waals surface area contributed by atoms with Crippen LogP contribution in [-0.2, 0) is 0 Å². The average molecular weight is 288 g/mol. The van der Waals surface area contributed by atoms with E-state index in [9.17, 15) is 4.39 Å². The summed E-state index contributed by atoms with van der Waals surface area (Å²) >= 11 is 5.84. The number of nitrogens with zero attached hydrogens (tertiary/aromatic N) is 2. The molecule has 0 spiro atoms. The second-order valence-electron chi connectivity index (χ2n) is 4.32. The molecule has 100 valence electrons. The number of anilines is 1. The van der Waals surface area contributed by atoms with E-state index in [-0.39, 0.29) is 5.02 Å². The number of halogens is 2. The first-order valence-electron chi connectivity index (χ1n) is 6.09. The predicted octanol–water partition coefficient (Wildman–Crippen LogP) is 4.13. The van der Waals surface area contributed by atoms with Crippen molar-refractivity contribution in [1.29, 1.82) is 0 Å². The van der Waals surface area contributed by atoms with Gasteiger partial charge < -0.3 is 5.32 Å². The van der Waals surface area contributed by atoms with Gasteiger partial charge in [-0.3, -0.25) is 0 Å². The van der Waals surface area contributed by atoms with E-state index in [0.29, 0.717) is 11.5 Å². The summed E-state index contributed by atoms with van der Waals surface area (Å²) in [7, 11) is 1.80. The fraction of sp³-hybridized carbons (Fsp3) is 0.0667. The van der Waals surface area contributed by atoms with Crippen molar-refractivity contribution in [1.82, 2.24) is 10.2 Å². The quantitative estimate of drug-likeness (QED) is 0.770. The van der Waals surface area contributed by atoms with Crippen LogP contribution in [0.1, 0.15) is 0 Å². The van der Waals surface area contributed by atoms with E-state index < -0.39 is 5.82 Å². The molecule has 0 bridgehead atoms. The van der Waals surface area contributed by atoms with Gasteiger partial charge in [-0.25, -0.2) is 4.39 Å². The van der Waals surface area contributed by atoms with Crippen molar-refractivity contribution < 1.29 is 4.39 Å². The molecule has 0 aliphatic heterocycles. The molecule has 5 heteroatoms. The van der Waals surface area contributed by atoms with E-state index in [1.54, 1.807) is 19.2 Å². The highest BCUT2D eigenvalue weighted by Crippen LogP contribution is 2.31. The molecule has 0 unspecified atom stereocenters. The number of fused-ring (bicyclic) bond motifs is 1. The lowest BCUT2D eigenvalue weighted by Gasteiger charge is -2.09. The Morgan fingerprint density at radius 3 is 2.50 bits per heavy atom. The van der Waals surface area contributed by atoms with Crippen LogP contribution >= 0.6 is 11.6 Å². The van der Waals surface area contributed by atoms with E-state index in [0.717, 1.165) is 16.3 Å². The smallest absolute Gasteiger partial charge is 0.156 e. The second kappa shape index (κ2) is 5.06. The van der Waals surface area contributed by atoms with E-state index in [1.807, 2.05) is 24.3 Å². The lowest BCUT2D eigenvalue weighted by Crippen LogP contribution is -1.98. The minimum absolute atomic E-state index is 0.0751. The summed E-state index contributed by atoms with van der Waals surface area (Å²) in [6.45, 7) is 0. The fourth-order valence-corrected chi connectivity index (χ4v) is 2.33. The molecular weight excluding hydrogens is 277 g/mol. The molecule has 3 nitrogen and oxygen atoms in total. The Morgan fingerprint density at radius 2 is 1.80 bits per heavy atom. The number of benzene rings is 2. The Labute approximate surface area is 120 Å². The standard InChI is InChI=1S/C15H11ClFN3/c1-18-15-11-5-3-2-4-10(11)14(19-20-15)9-6-7-13(17)12(16)8-9/h2-8H,1H3,(H,18,20). The first-order chi connectivity index (χ1) is 9.70. The monoisotopic (exact) mass is 287 g/mol. The maximum Gasteiger partial charge on any atom is 0.156 e. The van der Waals surface area contributed by atoms with Gasteiger partial charge in [0.1, 0.15) is 11.5 Å². The zero-order chi connectivity index (χ0) is 14.1. The summed E-state index contributed by atoms with van der Waals surface area (Å²) in [5.74, 6) is 0.261. The van der Waals surface area contributed by atoms with Crippen LogP contribution in [0.4, 0.5) is 10.2 Å². The van der Waals surface area contributed by atoms with Crippen molar-refractivity contribution in [3.05, 3.63) is 53.3 Å². The van der Waals surface area contributed by atoms with Crippen LogP contribution in [-0.4, -0.2) is 17.2 Å². The van der Waals surface area contributed by atoms with Crippen molar-refractivity contribution in [2.75, 3.05) is 12.4 Å². The summed E-state index contributed by atoms with van der Waals surface area (Å²) in [4.78, 5) is 0. The average Bonchev–Trinajstić information content (AvgIpc) is 2.49. The number of hydrogen-bond acceptors (Lipinski definition) is 3. The Morgan fingerprint density at radius 1 is 1.05 bits per heavy atom. The van der Waals surface area contributed by atoms with Crippen molar-refractivity contribution in [2.24, 2.45) is 0 Å². The second-order valence-corrected chi connectivity index (χ2v) is 4.73. The van der Waals surface area contributed by atoms with E-state index in [4.69, 9.17) is 11.6 Å². The molecule has 0 aliphatic rings. The zero-order valence-electron chi connectivity index (χ0n) is 10.7. The highest BCUT2D eigenvalue weighted by Gasteiger charge is 2.11. The topological polar surface area (TPSA) is 37.8 Å². The SMILES string of the molecule is CNc1nnc(-c2ccc(F)c(Cl)c2)c2ccccc12. The summed E-state index contributed by atoms with van der Waals surface area (Å²) < 4.78 is 13.3. The van der Waals surface area contributed by atoms with E-state index >= 15 is 0 Å². The van der Waals surface area contributed by atoms with Gasteiger partial charge in [-0.1, -0.05) is 35.9 Å². The largest absolute Gasteiger partial charge is 0.371 e. The Bertz CT molecular complexity index is 789. The molecule has 0 atom stereocenters. The highest BCUT2D eigenvalue weighted by atomic mass is 35.5. The van der Waals surface area contributed by atoms with Crippen LogP contribution in [0.3, 0.4) is 0 Å². The van der Waals surface area contributed by atoms with Gasteiger partial charge in [0.05, 0.1) is 5.02 Å². The molecule has 3 rings (SSSR count). The number of aromatic nitrogens is 2. The predicted molar refractivity (Wildman–Crippen MR) is 79.5 cm³/mol. The maximum absolute atomic E-state index is 13.3. The Hall–Kier alpha value is -2.20. The van der Waals surface area contributed by atoms with Crippen LogP contribution in [0.2, 0.25) is 5.02 Å². The molecule has 0 radical (unpaired) electrons.